The molecule has 0 radical (unpaired) electrons. The maximum absolute atomic E-state index is 13.0. The summed E-state index contributed by atoms with van der Waals surface area (Å²) >= 11 is 0. The lowest BCUT2D eigenvalue weighted by Crippen LogP contribution is -2.69. The van der Waals surface area contributed by atoms with Crippen LogP contribution in [0.25, 0.3) is 0 Å². The third-order valence-electron chi connectivity index (χ3n) is 12.1. The summed E-state index contributed by atoms with van der Waals surface area (Å²) in [5.74, 6) is -2.13. The standard InChI is InChI=1S/C57H62O12/c1-41(58)66-50-48(39-60-33-42-21-9-3-10-22-42)67-56(54(64-37-46-29-17-7-18-30-46)52(50)62-35-44-25-13-5-14-26-44)68-51-49(40-61-34-43-23-11-4-12-24-43)69-57(2,65-38-47-31-19-8-20-32-47)55(59)53(51)63-36-45-27-15-6-16-28-45/h3-32,48-56,59H,33-40H2,1-2H3/t48-,49-,50+,51-,52+,53+,54-,55-,56-,57+/m1/s1. The van der Waals surface area contributed by atoms with Gasteiger partial charge in [0, 0.05) is 6.92 Å². The zero-order valence-corrected chi connectivity index (χ0v) is 39.1. The normalized spacial score (nSPS) is 25.8. The monoisotopic (exact) mass is 938 g/mol. The lowest BCUT2D eigenvalue weighted by molar-refractivity contribution is -0.397. The van der Waals surface area contributed by atoms with Crippen molar-refractivity contribution in [2.45, 2.75) is 114 Å². The molecule has 2 heterocycles. The predicted octanol–water partition coefficient (Wildman–Crippen LogP) is 8.91. The molecule has 2 aliphatic heterocycles. The first-order valence-electron chi connectivity index (χ1n) is 23.5. The molecule has 6 aromatic carbocycles. The molecule has 2 saturated heterocycles. The Bertz CT molecular complexity index is 2380. The first-order valence-corrected chi connectivity index (χ1v) is 23.5. The molecule has 0 saturated carbocycles. The molecular weight excluding hydrogens is 877 g/mol. The highest BCUT2D eigenvalue weighted by molar-refractivity contribution is 5.66. The van der Waals surface area contributed by atoms with Gasteiger partial charge in [0.05, 0.1) is 52.9 Å². The van der Waals surface area contributed by atoms with Gasteiger partial charge in [-0.3, -0.25) is 4.79 Å². The minimum atomic E-state index is -1.59. The number of hydrogen-bond donors (Lipinski definition) is 1. The van der Waals surface area contributed by atoms with Gasteiger partial charge in [-0.05, 0) is 40.3 Å². The van der Waals surface area contributed by atoms with E-state index >= 15 is 0 Å². The van der Waals surface area contributed by atoms with E-state index in [0.29, 0.717) is 0 Å². The van der Waals surface area contributed by atoms with Crippen LogP contribution in [0.4, 0.5) is 0 Å². The molecule has 2 fully saturated rings. The molecule has 362 valence electrons. The smallest absolute Gasteiger partial charge is 0.303 e. The number of rotatable bonds is 23. The first-order chi connectivity index (χ1) is 33.8. The maximum Gasteiger partial charge on any atom is 0.303 e. The van der Waals surface area contributed by atoms with Crippen LogP contribution >= 0.6 is 0 Å². The van der Waals surface area contributed by atoms with Crippen molar-refractivity contribution in [3.8, 4) is 0 Å². The number of carbonyl (C=O) groups excluding carboxylic acids is 1. The highest BCUT2D eigenvalue weighted by atomic mass is 16.8. The van der Waals surface area contributed by atoms with Crippen LogP contribution in [-0.2, 0) is 91.8 Å². The van der Waals surface area contributed by atoms with Gasteiger partial charge in [0.25, 0.3) is 0 Å². The quantitative estimate of drug-likeness (QED) is 0.0616. The number of esters is 1. The van der Waals surface area contributed by atoms with Gasteiger partial charge in [-0.25, -0.2) is 0 Å². The Morgan fingerprint density at radius 1 is 0.478 bits per heavy atom. The van der Waals surface area contributed by atoms with Crippen LogP contribution < -0.4 is 0 Å². The average Bonchev–Trinajstić information content (AvgIpc) is 3.38. The number of benzene rings is 6. The minimum absolute atomic E-state index is 0.00393. The van der Waals surface area contributed by atoms with Crippen molar-refractivity contribution < 1.29 is 57.3 Å². The molecule has 8 rings (SSSR count). The summed E-state index contributed by atoms with van der Waals surface area (Å²) in [5, 5.41) is 12.6. The van der Waals surface area contributed by atoms with Gasteiger partial charge in [0.1, 0.15) is 42.7 Å². The van der Waals surface area contributed by atoms with E-state index < -0.39 is 66.9 Å². The molecule has 69 heavy (non-hydrogen) atoms. The second-order valence-corrected chi connectivity index (χ2v) is 17.4. The number of carbonyl (C=O) groups is 1. The van der Waals surface area contributed by atoms with Crippen molar-refractivity contribution in [3.63, 3.8) is 0 Å². The van der Waals surface area contributed by atoms with Crippen molar-refractivity contribution >= 4 is 5.97 Å². The van der Waals surface area contributed by atoms with Crippen LogP contribution in [0, 0.1) is 0 Å². The molecule has 0 bridgehead atoms. The summed E-state index contributed by atoms with van der Waals surface area (Å²) in [6, 6.07) is 58.4. The zero-order valence-electron chi connectivity index (χ0n) is 39.1. The first kappa shape index (κ1) is 49.8. The number of aliphatic hydroxyl groups is 1. The molecule has 0 unspecified atom stereocenters. The lowest BCUT2D eigenvalue weighted by atomic mass is 9.92. The molecule has 0 aromatic heterocycles. The lowest BCUT2D eigenvalue weighted by Gasteiger charge is -2.52. The Kier molecular flexibility index (Phi) is 18.3. The molecule has 0 spiro atoms. The summed E-state index contributed by atoms with van der Waals surface area (Å²) in [6.07, 6.45) is -9.56. The molecule has 0 aliphatic carbocycles. The molecule has 6 aromatic rings. The minimum Gasteiger partial charge on any atom is -0.457 e. The van der Waals surface area contributed by atoms with Crippen LogP contribution in [-0.4, -0.2) is 85.2 Å². The molecule has 10 atom stereocenters. The number of hydrogen-bond acceptors (Lipinski definition) is 12. The highest BCUT2D eigenvalue weighted by Crippen LogP contribution is 2.39. The van der Waals surface area contributed by atoms with Crippen LogP contribution in [0.1, 0.15) is 47.2 Å². The Balaban J connectivity index is 1.17. The van der Waals surface area contributed by atoms with E-state index in [0.717, 1.165) is 33.4 Å². The van der Waals surface area contributed by atoms with E-state index in [2.05, 4.69) is 0 Å². The van der Waals surface area contributed by atoms with Gasteiger partial charge in [0.15, 0.2) is 18.2 Å². The average molecular weight is 939 g/mol. The van der Waals surface area contributed by atoms with Crippen molar-refractivity contribution in [1.82, 2.24) is 0 Å². The third kappa shape index (κ3) is 14.2. The topological polar surface area (TPSA) is 130 Å². The summed E-state index contributed by atoms with van der Waals surface area (Å²) in [4.78, 5) is 13.0. The van der Waals surface area contributed by atoms with Crippen molar-refractivity contribution in [3.05, 3.63) is 215 Å². The summed E-state index contributed by atoms with van der Waals surface area (Å²) in [6.45, 7) is 4.17. The van der Waals surface area contributed by atoms with Crippen molar-refractivity contribution in [2.75, 3.05) is 13.2 Å². The Labute approximate surface area is 404 Å². The van der Waals surface area contributed by atoms with Gasteiger partial charge >= 0.3 is 5.97 Å². The fourth-order valence-corrected chi connectivity index (χ4v) is 8.54. The van der Waals surface area contributed by atoms with E-state index in [1.165, 1.54) is 6.92 Å². The van der Waals surface area contributed by atoms with Crippen molar-refractivity contribution in [2.24, 2.45) is 0 Å². The molecule has 0 amide bonds. The second kappa shape index (κ2) is 25.3. The Hall–Kier alpha value is -5.61. The maximum atomic E-state index is 13.0. The van der Waals surface area contributed by atoms with E-state index in [1.807, 2.05) is 182 Å². The van der Waals surface area contributed by atoms with Gasteiger partial charge < -0.3 is 52.5 Å². The van der Waals surface area contributed by atoms with E-state index in [-0.39, 0.29) is 52.9 Å². The number of aliphatic hydroxyl groups excluding tert-OH is 1. The van der Waals surface area contributed by atoms with Gasteiger partial charge in [-0.2, -0.15) is 0 Å². The largest absolute Gasteiger partial charge is 0.457 e. The summed E-state index contributed by atoms with van der Waals surface area (Å²) in [7, 11) is 0. The molecule has 12 nitrogen and oxygen atoms in total. The SMILES string of the molecule is CC(=O)O[C@@H]1[C@H](OCc2ccccc2)[C@@H](OCc2ccccc2)[C@@H](O[C@H]2[C@H](OCc3ccccc3)[C@@H](O)[C@@](C)(OCc3ccccc3)O[C@@H]2COCc2ccccc2)O[C@@H]1COCc1ccccc1. The Morgan fingerprint density at radius 3 is 1.29 bits per heavy atom. The van der Waals surface area contributed by atoms with E-state index in [9.17, 15) is 9.90 Å². The van der Waals surface area contributed by atoms with Crippen LogP contribution in [0.2, 0.25) is 0 Å². The third-order valence-corrected chi connectivity index (χ3v) is 12.1. The predicted molar refractivity (Wildman–Crippen MR) is 257 cm³/mol. The zero-order chi connectivity index (χ0) is 47.7. The molecular formula is C57H62O12. The summed E-state index contributed by atoms with van der Waals surface area (Å²) < 4.78 is 66.9. The van der Waals surface area contributed by atoms with E-state index in [4.69, 9.17) is 47.4 Å². The highest BCUT2D eigenvalue weighted by Gasteiger charge is 2.57. The van der Waals surface area contributed by atoms with Crippen LogP contribution in [0.3, 0.4) is 0 Å². The molecule has 1 N–H and O–H groups in total. The molecule has 2 aliphatic rings. The van der Waals surface area contributed by atoms with Crippen molar-refractivity contribution in [1.29, 1.82) is 0 Å². The van der Waals surface area contributed by atoms with Crippen LogP contribution in [0.15, 0.2) is 182 Å². The van der Waals surface area contributed by atoms with Gasteiger partial charge in [-0.15, -0.1) is 0 Å². The number of ether oxygens (including phenoxy) is 10. The van der Waals surface area contributed by atoms with Gasteiger partial charge in [0.2, 0.25) is 0 Å². The fourth-order valence-electron chi connectivity index (χ4n) is 8.54. The molecule has 12 heteroatoms. The van der Waals surface area contributed by atoms with Crippen LogP contribution in [0.5, 0.6) is 0 Å². The Morgan fingerprint density at radius 2 is 0.855 bits per heavy atom. The fraction of sp³-hybridized carbons (Fsp3) is 0.351. The summed E-state index contributed by atoms with van der Waals surface area (Å²) in [5.41, 5.74) is 5.47. The van der Waals surface area contributed by atoms with E-state index in [1.54, 1.807) is 6.92 Å². The van der Waals surface area contributed by atoms with Gasteiger partial charge in [-0.1, -0.05) is 182 Å². The second-order valence-electron chi connectivity index (χ2n) is 17.4.